The van der Waals surface area contributed by atoms with Crippen LogP contribution < -0.4 is 4.74 Å². The topological polar surface area (TPSA) is 61.4 Å². The lowest BCUT2D eigenvalue weighted by Gasteiger charge is -2.07. The summed E-state index contributed by atoms with van der Waals surface area (Å²) in [6, 6.07) is 15.7. The number of esters is 1. The van der Waals surface area contributed by atoms with Gasteiger partial charge in [0.1, 0.15) is 16.9 Å². The quantitative estimate of drug-likeness (QED) is 0.387. The molecule has 0 unspecified atom stereocenters. The van der Waals surface area contributed by atoms with Gasteiger partial charge in [-0.3, -0.25) is 9.20 Å². The van der Waals surface area contributed by atoms with Crippen molar-refractivity contribution in [3.05, 3.63) is 71.1 Å². The fraction of sp³-hybridized carbons (Fsp3) is 0.174. The molecule has 0 radical (unpaired) electrons. The molecule has 0 atom stereocenters. The van der Waals surface area contributed by atoms with E-state index in [1.54, 1.807) is 0 Å². The predicted molar refractivity (Wildman–Crippen MR) is 117 cm³/mol. The zero-order chi connectivity index (χ0) is 20.8. The Labute approximate surface area is 177 Å². The van der Waals surface area contributed by atoms with Gasteiger partial charge in [-0.2, -0.15) is 0 Å². The molecular formula is C23H19ClN4O2. The summed E-state index contributed by atoms with van der Waals surface area (Å²) in [6.07, 6.45) is 2.64. The summed E-state index contributed by atoms with van der Waals surface area (Å²) in [5, 5.41) is 1.46. The number of fused-ring (bicyclic) bond motifs is 5. The largest absolute Gasteiger partial charge is 0.424 e. The van der Waals surface area contributed by atoms with E-state index in [-0.39, 0.29) is 5.97 Å². The third-order valence-corrected chi connectivity index (χ3v) is 5.45. The summed E-state index contributed by atoms with van der Waals surface area (Å²) in [4.78, 5) is 21.4. The molecular weight excluding hydrogens is 400 g/mol. The van der Waals surface area contributed by atoms with Crippen LogP contribution >= 0.6 is 11.6 Å². The predicted octanol–water partition coefficient (Wildman–Crippen LogP) is 4.97. The van der Waals surface area contributed by atoms with Crippen LogP contribution in [-0.4, -0.2) is 24.9 Å². The summed E-state index contributed by atoms with van der Waals surface area (Å²) in [6.45, 7) is 4.04. The molecule has 0 saturated heterocycles. The smallest absolute Gasteiger partial charge is 0.308 e. The van der Waals surface area contributed by atoms with Crippen LogP contribution in [0.1, 0.15) is 18.3 Å². The number of hydrogen-bond acceptors (Lipinski definition) is 4. The van der Waals surface area contributed by atoms with Crippen LogP contribution in [0.5, 0.6) is 5.75 Å². The molecule has 0 saturated carbocycles. The van der Waals surface area contributed by atoms with E-state index in [1.807, 2.05) is 70.6 Å². The fourth-order valence-electron chi connectivity index (χ4n) is 3.88. The molecule has 150 valence electrons. The maximum absolute atomic E-state index is 11.8. The summed E-state index contributed by atoms with van der Waals surface area (Å²) < 4.78 is 9.58. The SMILES string of the molecule is CC(=O)Oc1cn(CCc2ccc(Cl)cc2)c2nc(C)n3c4ccccc4nc3c12. The second-order valence-electron chi connectivity index (χ2n) is 7.27. The van der Waals surface area contributed by atoms with Crippen LogP contribution in [-0.2, 0) is 17.8 Å². The van der Waals surface area contributed by atoms with Crippen molar-refractivity contribution in [1.29, 1.82) is 0 Å². The molecule has 0 amide bonds. The summed E-state index contributed by atoms with van der Waals surface area (Å²) in [7, 11) is 0. The molecule has 0 spiro atoms. The Bertz CT molecular complexity index is 1420. The number of imidazole rings is 1. The summed E-state index contributed by atoms with van der Waals surface area (Å²) >= 11 is 5.99. The van der Waals surface area contributed by atoms with Crippen molar-refractivity contribution in [2.45, 2.75) is 26.8 Å². The highest BCUT2D eigenvalue weighted by molar-refractivity contribution is 6.30. The molecule has 6 nitrogen and oxygen atoms in total. The Balaban J connectivity index is 1.69. The second-order valence-corrected chi connectivity index (χ2v) is 7.71. The molecule has 30 heavy (non-hydrogen) atoms. The minimum atomic E-state index is -0.374. The van der Waals surface area contributed by atoms with Gasteiger partial charge in [-0.1, -0.05) is 35.9 Å². The van der Waals surface area contributed by atoms with Crippen LogP contribution in [0.4, 0.5) is 0 Å². The highest BCUT2D eigenvalue weighted by atomic mass is 35.5. The van der Waals surface area contributed by atoms with Gasteiger partial charge < -0.3 is 9.30 Å². The maximum Gasteiger partial charge on any atom is 0.308 e. The molecule has 5 aromatic rings. The van der Waals surface area contributed by atoms with Crippen molar-refractivity contribution in [2.75, 3.05) is 0 Å². The van der Waals surface area contributed by atoms with E-state index in [4.69, 9.17) is 26.3 Å². The molecule has 0 aliphatic carbocycles. The number of benzene rings is 2. The van der Waals surface area contributed by atoms with Crippen LogP contribution in [0, 0.1) is 6.92 Å². The van der Waals surface area contributed by atoms with Gasteiger partial charge >= 0.3 is 5.97 Å². The highest BCUT2D eigenvalue weighted by Crippen LogP contribution is 2.33. The van der Waals surface area contributed by atoms with E-state index in [2.05, 4.69) is 0 Å². The second kappa shape index (κ2) is 7.15. The molecule has 3 heterocycles. The minimum Gasteiger partial charge on any atom is -0.424 e. The maximum atomic E-state index is 11.8. The number of para-hydroxylation sites is 2. The van der Waals surface area contributed by atoms with Crippen LogP contribution in [0.25, 0.3) is 27.7 Å². The van der Waals surface area contributed by atoms with Gasteiger partial charge in [0.25, 0.3) is 0 Å². The number of aryl methyl sites for hydroxylation is 3. The molecule has 0 N–H and O–H groups in total. The molecule has 0 aliphatic heterocycles. The van der Waals surface area contributed by atoms with Crippen molar-refractivity contribution >= 4 is 45.3 Å². The van der Waals surface area contributed by atoms with Crippen LogP contribution in [0.3, 0.4) is 0 Å². The molecule has 7 heteroatoms. The fourth-order valence-corrected chi connectivity index (χ4v) is 4.01. The average Bonchev–Trinajstić information content (AvgIpc) is 3.26. The van der Waals surface area contributed by atoms with Gasteiger partial charge in [-0.25, -0.2) is 9.97 Å². The first kappa shape index (κ1) is 18.6. The van der Waals surface area contributed by atoms with E-state index in [1.165, 1.54) is 12.5 Å². The van der Waals surface area contributed by atoms with Crippen molar-refractivity contribution in [2.24, 2.45) is 0 Å². The Morgan fingerprint density at radius 2 is 1.83 bits per heavy atom. The molecule has 0 bridgehead atoms. The number of carbonyl (C=O) groups is 1. The van der Waals surface area contributed by atoms with Gasteiger partial charge in [0, 0.05) is 24.7 Å². The first-order valence-electron chi connectivity index (χ1n) is 9.71. The summed E-state index contributed by atoms with van der Waals surface area (Å²) in [5.41, 5.74) is 4.50. The van der Waals surface area contributed by atoms with Gasteiger partial charge in [0.15, 0.2) is 11.4 Å². The summed E-state index contributed by atoms with van der Waals surface area (Å²) in [5.74, 6) is 0.925. The van der Waals surface area contributed by atoms with Crippen molar-refractivity contribution in [3.8, 4) is 5.75 Å². The molecule has 2 aromatic carbocycles. The Morgan fingerprint density at radius 3 is 2.60 bits per heavy atom. The lowest BCUT2D eigenvalue weighted by Crippen LogP contribution is -2.03. The number of halogens is 1. The zero-order valence-electron chi connectivity index (χ0n) is 16.6. The number of ether oxygens (including phenoxy) is 1. The Hall–Kier alpha value is -3.38. The van der Waals surface area contributed by atoms with E-state index in [0.717, 1.165) is 40.0 Å². The minimum absolute atomic E-state index is 0.374. The average molecular weight is 419 g/mol. The van der Waals surface area contributed by atoms with Crippen molar-refractivity contribution < 1.29 is 9.53 Å². The van der Waals surface area contributed by atoms with Crippen LogP contribution in [0.2, 0.25) is 5.02 Å². The number of carbonyl (C=O) groups excluding carboxylic acids is 1. The highest BCUT2D eigenvalue weighted by Gasteiger charge is 2.20. The van der Waals surface area contributed by atoms with E-state index in [9.17, 15) is 4.79 Å². The van der Waals surface area contributed by atoms with E-state index < -0.39 is 0 Å². The van der Waals surface area contributed by atoms with Gasteiger partial charge in [-0.15, -0.1) is 0 Å². The van der Waals surface area contributed by atoms with E-state index >= 15 is 0 Å². The molecule has 0 fully saturated rings. The lowest BCUT2D eigenvalue weighted by atomic mass is 10.1. The Kier molecular flexibility index (Phi) is 4.44. The number of hydrogen-bond donors (Lipinski definition) is 0. The first-order chi connectivity index (χ1) is 14.5. The van der Waals surface area contributed by atoms with Crippen LogP contribution in [0.15, 0.2) is 54.7 Å². The number of aromatic nitrogens is 4. The van der Waals surface area contributed by atoms with Gasteiger partial charge in [0.2, 0.25) is 0 Å². The first-order valence-corrected chi connectivity index (χ1v) is 10.1. The van der Waals surface area contributed by atoms with Gasteiger partial charge in [-0.05, 0) is 43.2 Å². The monoisotopic (exact) mass is 418 g/mol. The zero-order valence-corrected chi connectivity index (χ0v) is 17.3. The normalized spacial score (nSPS) is 11.6. The lowest BCUT2D eigenvalue weighted by molar-refractivity contribution is -0.131. The van der Waals surface area contributed by atoms with Crippen molar-refractivity contribution in [3.63, 3.8) is 0 Å². The Morgan fingerprint density at radius 1 is 1.07 bits per heavy atom. The van der Waals surface area contributed by atoms with E-state index in [0.29, 0.717) is 17.3 Å². The van der Waals surface area contributed by atoms with Crippen molar-refractivity contribution in [1.82, 2.24) is 18.9 Å². The van der Waals surface area contributed by atoms with Gasteiger partial charge in [0.05, 0.1) is 11.0 Å². The third-order valence-electron chi connectivity index (χ3n) is 5.20. The molecule has 3 aromatic heterocycles. The third kappa shape index (κ3) is 3.09. The molecule has 5 rings (SSSR count). The number of rotatable bonds is 4. The molecule has 0 aliphatic rings. The standard InChI is InChI=1S/C23H19ClN4O2/c1-14-25-22-21(23-26-18-5-3-4-6-19(18)28(14)23)20(30-15(2)29)13-27(22)12-11-16-7-9-17(24)10-8-16/h3-10,13H,11-12H2,1-2H3. The number of nitrogens with zero attached hydrogens (tertiary/aromatic N) is 4.